The Morgan fingerprint density at radius 1 is 1.47 bits per heavy atom. The number of halogens is 1. The SMILES string of the molecule is CCOC(=O)C1(F)C(=O)NC(=O)NC1ON=C(C)C. The van der Waals surface area contributed by atoms with Gasteiger partial charge in [-0.1, -0.05) is 5.16 Å². The van der Waals surface area contributed by atoms with E-state index in [-0.39, 0.29) is 6.61 Å². The van der Waals surface area contributed by atoms with Crippen LogP contribution in [-0.4, -0.2) is 42.1 Å². The second kappa shape index (κ2) is 5.63. The Bertz CT molecular complexity index is 435. The molecule has 0 spiro atoms. The summed E-state index contributed by atoms with van der Waals surface area (Å²) in [6, 6.07) is -0.989. The van der Waals surface area contributed by atoms with E-state index in [1.54, 1.807) is 19.2 Å². The van der Waals surface area contributed by atoms with Gasteiger partial charge in [0.25, 0.3) is 12.1 Å². The number of rotatable bonds is 4. The van der Waals surface area contributed by atoms with Crippen LogP contribution in [0.3, 0.4) is 0 Å². The minimum atomic E-state index is -3.19. The second-order valence-corrected chi connectivity index (χ2v) is 3.88. The molecular weight excluding hydrogens is 261 g/mol. The van der Waals surface area contributed by atoms with Crippen molar-refractivity contribution in [2.45, 2.75) is 32.7 Å². The monoisotopic (exact) mass is 275 g/mol. The van der Waals surface area contributed by atoms with Gasteiger partial charge >= 0.3 is 17.7 Å². The number of nitrogens with zero attached hydrogens (tertiary/aromatic N) is 1. The molecule has 3 amide bonds. The molecule has 1 fully saturated rings. The van der Waals surface area contributed by atoms with Gasteiger partial charge in [-0.25, -0.2) is 14.0 Å². The Kier molecular flexibility index (Phi) is 4.41. The molecule has 0 radical (unpaired) electrons. The van der Waals surface area contributed by atoms with E-state index in [9.17, 15) is 18.8 Å². The maximum Gasteiger partial charge on any atom is 0.360 e. The van der Waals surface area contributed by atoms with E-state index >= 15 is 0 Å². The third-order valence-electron chi connectivity index (χ3n) is 2.09. The van der Waals surface area contributed by atoms with Gasteiger partial charge in [0, 0.05) is 0 Å². The highest BCUT2D eigenvalue weighted by atomic mass is 19.1. The first-order valence-electron chi connectivity index (χ1n) is 5.47. The quantitative estimate of drug-likeness (QED) is 0.321. The first-order valence-corrected chi connectivity index (χ1v) is 5.47. The molecule has 8 nitrogen and oxygen atoms in total. The summed E-state index contributed by atoms with van der Waals surface area (Å²) in [6.45, 7) is 4.42. The zero-order valence-electron chi connectivity index (χ0n) is 10.7. The lowest BCUT2D eigenvalue weighted by Gasteiger charge is -2.32. The maximum atomic E-state index is 14.5. The van der Waals surface area contributed by atoms with Crippen molar-refractivity contribution < 1.29 is 28.3 Å². The van der Waals surface area contributed by atoms with Crippen molar-refractivity contribution in [3.05, 3.63) is 0 Å². The Hall–Kier alpha value is -2.19. The number of carbonyl (C=O) groups excluding carboxylic acids is 3. The molecule has 2 unspecified atom stereocenters. The molecule has 1 rings (SSSR count). The van der Waals surface area contributed by atoms with E-state index in [4.69, 9.17) is 0 Å². The molecule has 1 heterocycles. The summed E-state index contributed by atoms with van der Waals surface area (Å²) >= 11 is 0. The number of oxime groups is 1. The van der Waals surface area contributed by atoms with Gasteiger partial charge in [0.15, 0.2) is 0 Å². The van der Waals surface area contributed by atoms with Gasteiger partial charge in [-0.2, -0.15) is 0 Å². The van der Waals surface area contributed by atoms with E-state index in [0.29, 0.717) is 5.71 Å². The molecule has 0 aromatic heterocycles. The fourth-order valence-corrected chi connectivity index (χ4v) is 1.26. The van der Waals surface area contributed by atoms with Crippen molar-refractivity contribution in [1.29, 1.82) is 0 Å². The lowest BCUT2D eigenvalue weighted by atomic mass is 10.0. The van der Waals surface area contributed by atoms with E-state index in [2.05, 4.69) is 14.7 Å². The van der Waals surface area contributed by atoms with Crippen molar-refractivity contribution >= 4 is 23.6 Å². The summed E-state index contributed by atoms with van der Waals surface area (Å²) in [6.07, 6.45) is -1.89. The minimum absolute atomic E-state index is 0.130. The van der Waals surface area contributed by atoms with Crippen LogP contribution in [0.5, 0.6) is 0 Å². The summed E-state index contributed by atoms with van der Waals surface area (Å²) < 4.78 is 19.0. The fourth-order valence-electron chi connectivity index (χ4n) is 1.26. The number of alkyl halides is 1. The van der Waals surface area contributed by atoms with Gasteiger partial charge in [0.2, 0.25) is 0 Å². The van der Waals surface area contributed by atoms with E-state index in [1.165, 1.54) is 6.92 Å². The number of nitrogens with one attached hydrogen (secondary N) is 2. The predicted molar refractivity (Wildman–Crippen MR) is 60.8 cm³/mol. The highest BCUT2D eigenvalue weighted by molar-refractivity contribution is 6.14. The zero-order valence-corrected chi connectivity index (χ0v) is 10.7. The van der Waals surface area contributed by atoms with Crippen molar-refractivity contribution in [1.82, 2.24) is 10.6 Å². The van der Waals surface area contributed by atoms with Crippen LogP contribution in [0.4, 0.5) is 9.18 Å². The van der Waals surface area contributed by atoms with Crippen LogP contribution in [0.1, 0.15) is 20.8 Å². The van der Waals surface area contributed by atoms with Crippen molar-refractivity contribution in [2.24, 2.45) is 5.16 Å². The predicted octanol–water partition coefficient (Wildman–Crippen LogP) is -0.164. The van der Waals surface area contributed by atoms with Crippen LogP contribution in [0.25, 0.3) is 0 Å². The first kappa shape index (κ1) is 14.9. The Labute approximate surface area is 108 Å². The number of imide groups is 1. The minimum Gasteiger partial charge on any atom is -0.463 e. The van der Waals surface area contributed by atoms with Crippen LogP contribution in [0.2, 0.25) is 0 Å². The normalized spacial score (nSPS) is 26.0. The summed E-state index contributed by atoms with van der Waals surface area (Å²) in [5.41, 5.74) is -2.78. The lowest BCUT2D eigenvalue weighted by Crippen LogP contribution is -2.70. The van der Waals surface area contributed by atoms with Gasteiger partial charge < -0.3 is 9.57 Å². The van der Waals surface area contributed by atoms with Crippen LogP contribution < -0.4 is 10.6 Å². The third kappa shape index (κ3) is 2.98. The highest BCUT2D eigenvalue weighted by Gasteiger charge is 2.61. The molecule has 0 aromatic carbocycles. The van der Waals surface area contributed by atoms with Crippen LogP contribution in [-0.2, 0) is 19.2 Å². The van der Waals surface area contributed by atoms with Crippen LogP contribution >= 0.6 is 0 Å². The Morgan fingerprint density at radius 2 is 2.11 bits per heavy atom. The third-order valence-corrected chi connectivity index (χ3v) is 2.09. The van der Waals surface area contributed by atoms with Crippen molar-refractivity contribution in [3.63, 3.8) is 0 Å². The molecule has 0 aliphatic carbocycles. The van der Waals surface area contributed by atoms with E-state index in [0.717, 1.165) is 0 Å². The standard InChI is InChI=1S/C10H14FN3O5/c1-4-18-8(16)10(11)6(15)12-9(17)13-7(10)19-14-5(2)3/h7H,4H2,1-3H3,(H2,12,13,15,17). The molecule has 1 saturated heterocycles. The fraction of sp³-hybridized carbons (Fsp3) is 0.600. The van der Waals surface area contributed by atoms with E-state index < -0.39 is 29.8 Å². The number of urea groups is 1. The highest BCUT2D eigenvalue weighted by Crippen LogP contribution is 2.23. The number of hydrogen-bond donors (Lipinski definition) is 2. The average molecular weight is 275 g/mol. The lowest BCUT2D eigenvalue weighted by molar-refractivity contribution is -0.179. The van der Waals surface area contributed by atoms with Crippen LogP contribution in [0.15, 0.2) is 5.16 Å². The molecule has 19 heavy (non-hydrogen) atoms. The smallest absolute Gasteiger partial charge is 0.360 e. The molecule has 106 valence electrons. The summed E-state index contributed by atoms with van der Waals surface area (Å²) in [5.74, 6) is -2.91. The second-order valence-electron chi connectivity index (χ2n) is 3.88. The van der Waals surface area contributed by atoms with Gasteiger partial charge in [-0.3, -0.25) is 15.4 Å². The molecule has 0 bridgehead atoms. The number of amides is 3. The molecule has 9 heteroatoms. The van der Waals surface area contributed by atoms with Crippen molar-refractivity contribution in [3.8, 4) is 0 Å². The molecule has 1 aliphatic heterocycles. The Morgan fingerprint density at radius 3 is 2.63 bits per heavy atom. The van der Waals surface area contributed by atoms with Crippen molar-refractivity contribution in [2.75, 3.05) is 6.61 Å². The van der Waals surface area contributed by atoms with Gasteiger partial charge in [0.1, 0.15) is 0 Å². The summed E-state index contributed by atoms with van der Waals surface area (Å²) in [5, 5.41) is 7.02. The Balaban J connectivity index is 3.05. The summed E-state index contributed by atoms with van der Waals surface area (Å²) in [4.78, 5) is 38.9. The van der Waals surface area contributed by atoms with E-state index in [1.807, 2.05) is 5.32 Å². The van der Waals surface area contributed by atoms with Gasteiger partial charge in [-0.05, 0) is 20.8 Å². The largest absolute Gasteiger partial charge is 0.463 e. The number of esters is 1. The van der Waals surface area contributed by atoms with Gasteiger partial charge in [0.05, 0.1) is 12.3 Å². The maximum absolute atomic E-state index is 14.5. The topological polar surface area (TPSA) is 106 Å². The zero-order chi connectivity index (χ0) is 14.6. The van der Waals surface area contributed by atoms with Crippen LogP contribution in [0, 0.1) is 0 Å². The number of carbonyl (C=O) groups is 3. The van der Waals surface area contributed by atoms with Gasteiger partial charge in [-0.15, -0.1) is 0 Å². The molecule has 1 aliphatic rings. The molecule has 0 saturated carbocycles. The molecular formula is C10H14FN3O5. The first-order chi connectivity index (χ1) is 8.82. The molecule has 2 atom stereocenters. The number of hydrogen-bond acceptors (Lipinski definition) is 6. The number of ether oxygens (including phenoxy) is 1. The average Bonchev–Trinajstić information content (AvgIpc) is 2.31. The summed E-state index contributed by atoms with van der Waals surface area (Å²) in [7, 11) is 0. The molecule has 2 N–H and O–H groups in total. The molecule has 0 aromatic rings.